The molecular weight excluding hydrogens is 590 g/mol. The summed E-state index contributed by atoms with van der Waals surface area (Å²) >= 11 is 1.65. The lowest BCUT2D eigenvalue weighted by atomic mass is 10.1. The molecule has 1 unspecified atom stereocenters. The molecular formula is C39H28FN5S. The zero-order chi connectivity index (χ0) is 31.0. The lowest BCUT2D eigenvalue weighted by Crippen LogP contribution is -2.00. The summed E-state index contributed by atoms with van der Waals surface area (Å²) in [5.74, 6) is 1.82. The fourth-order valence-corrected chi connectivity index (χ4v) is 7.32. The zero-order valence-corrected chi connectivity index (χ0v) is 25.8. The van der Waals surface area contributed by atoms with Gasteiger partial charge in [0.05, 0.1) is 27.6 Å². The highest BCUT2D eigenvalue weighted by molar-refractivity contribution is 7.19. The molecule has 0 saturated carbocycles. The third kappa shape index (κ3) is 4.86. The number of hydrogen-bond donors (Lipinski definition) is 0. The van der Waals surface area contributed by atoms with Crippen molar-refractivity contribution in [3.05, 3.63) is 139 Å². The Morgan fingerprint density at radius 3 is 1.85 bits per heavy atom. The van der Waals surface area contributed by atoms with E-state index >= 15 is 0 Å². The number of para-hydroxylation sites is 1. The summed E-state index contributed by atoms with van der Waals surface area (Å²) in [6.45, 7) is 2.06. The third-order valence-corrected chi connectivity index (χ3v) is 9.56. The van der Waals surface area contributed by atoms with Crippen LogP contribution in [0.3, 0.4) is 0 Å². The summed E-state index contributed by atoms with van der Waals surface area (Å²) in [5, 5.41) is 3.25. The molecule has 46 heavy (non-hydrogen) atoms. The molecule has 0 spiro atoms. The minimum atomic E-state index is -0.0588. The monoisotopic (exact) mass is 617 g/mol. The summed E-state index contributed by atoms with van der Waals surface area (Å²) in [6, 6.07) is 41.1. The van der Waals surface area contributed by atoms with Gasteiger partial charge in [-0.25, -0.2) is 24.3 Å². The van der Waals surface area contributed by atoms with Gasteiger partial charge >= 0.3 is 0 Å². The number of nitrogens with zero attached hydrogens (tertiary/aromatic N) is 5. The summed E-state index contributed by atoms with van der Waals surface area (Å²) in [4.78, 5) is 19.6. The Hall–Kier alpha value is -5.53. The first-order chi connectivity index (χ1) is 22.7. The molecule has 7 heteroatoms. The average Bonchev–Trinajstić information content (AvgIpc) is 3.71. The SMILES string of the molecule is CCC(/C=C\F)c1nc2ccc3c4ccccc4n(-c4ccc(-c5nc(-c6ccccc6)nc(-c6ccccc6)n5)cc4)c3c2s1. The molecule has 5 nitrogen and oxygen atoms in total. The van der Waals surface area contributed by atoms with Crippen molar-refractivity contribution in [3.8, 4) is 39.9 Å². The highest BCUT2D eigenvalue weighted by Gasteiger charge is 2.20. The van der Waals surface area contributed by atoms with Crippen LogP contribution in [0.5, 0.6) is 0 Å². The van der Waals surface area contributed by atoms with Crippen LogP contribution in [-0.2, 0) is 0 Å². The Kier molecular flexibility index (Phi) is 7.15. The van der Waals surface area contributed by atoms with Gasteiger partial charge in [0.15, 0.2) is 17.5 Å². The van der Waals surface area contributed by atoms with Crippen molar-refractivity contribution >= 4 is 43.4 Å². The molecule has 3 aromatic heterocycles. The van der Waals surface area contributed by atoms with Crippen molar-refractivity contribution in [1.29, 1.82) is 0 Å². The van der Waals surface area contributed by atoms with Crippen molar-refractivity contribution in [1.82, 2.24) is 24.5 Å². The van der Waals surface area contributed by atoms with Crippen LogP contribution >= 0.6 is 11.3 Å². The summed E-state index contributed by atoms with van der Waals surface area (Å²) < 4.78 is 16.6. The van der Waals surface area contributed by atoms with Gasteiger partial charge in [0.1, 0.15) is 5.01 Å². The Morgan fingerprint density at radius 1 is 0.652 bits per heavy atom. The molecule has 0 N–H and O–H groups in total. The van der Waals surface area contributed by atoms with E-state index in [1.165, 1.54) is 5.39 Å². The lowest BCUT2D eigenvalue weighted by Gasteiger charge is -2.11. The highest BCUT2D eigenvalue weighted by Crippen LogP contribution is 2.40. The molecule has 8 rings (SSSR count). The van der Waals surface area contributed by atoms with Crippen LogP contribution in [0.1, 0.15) is 24.3 Å². The first-order valence-electron chi connectivity index (χ1n) is 15.3. The molecule has 0 aliphatic carbocycles. The van der Waals surface area contributed by atoms with Crippen molar-refractivity contribution < 1.29 is 4.39 Å². The summed E-state index contributed by atoms with van der Waals surface area (Å²) in [7, 11) is 0. The second-order valence-corrected chi connectivity index (χ2v) is 12.2. The molecule has 0 radical (unpaired) electrons. The maximum absolute atomic E-state index is 13.2. The van der Waals surface area contributed by atoms with Crippen LogP contribution in [0.15, 0.2) is 134 Å². The second kappa shape index (κ2) is 11.8. The Labute approximate surface area is 269 Å². The van der Waals surface area contributed by atoms with Gasteiger partial charge in [-0.05, 0) is 55.0 Å². The Morgan fingerprint density at radius 2 is 1.24 bits per heavy atom. The van der Waals surface area contributed by atoms with Gasteiger partial charge in [-0.2, -0.15) is 0 Å². The van der Waals surface area contributed by atoms with E-state index in [0.717, 1.165) is 60.4 Å². The molecule has 3 heterocycles. The minimum absolute atomic E-state index is 0.0588. The van der Waals surface area contributed by atoms with E-state index in [9.17, 15) is 4.39 Å². The molecule has 0 bridgehead atoms. The predicted molar refractivity (Wildman–Crippen MR) is 187 cm³/mol. The van der Waals surface area contributed by atoms with Crippen molar-refractivity contribution in [2.45, 2.75) is 19.3 Å². The van der Waals surface area contributed by atoms with Gasteiger partial charge in [-0.15, -0.1) is 11.3 Å². The van der Waals surface area contributed by atoms with Gasteiger partial charge in [-0.3, -0.25) is 0 Å². The number of fused-ring (bicyclic) bond motifs is 5. The lowest BCUT2D eigenvalue weighted by molar-refractivity contribution is 0.695. The van der Waals surface area contributed by atoms with Crippen molar-refractivity contribution in [3.63, 3.8) is 0 Å². The molecule has 5 aromatic carbocycles. The molecule has 0 amide bonds. The molecule has 222 valence electrons. The first-order valence-corrected chi connectivity index (χ1v) is 16.1. The first kappa shape index (κ1) is 28.0. The van der Waals surface area contributed by atoms with E-state index < -0.39 is 0 Å². The molecule has 8 aromatic rings. The van der Waals surface area contributed by atoms with Gasteiger partial charge < -0.3 is 4.57 Å². The van der Waals surface area contributed by atoms with Crippen LogP contribution in [0.2, 0.25) is 0 Å². The largest absolute Gasteiger partial charge is 0.308 e. The fourth-order valence-electron chi connectivity index (χ4n) is 6.06. The number of rotatable bonds is 7. The van der Waals surface area contributed by atoms with Crippen LogP contribution in [0.4, 0.5) is 4.39 Å². The second-order valence-electron chi connectivity index (χ2n) is 11.1. The minimum Gasteiger partial charge on any atom is -0.308 e. The van der Waals surface area contributed by atoms with E-state index in [0.29, 0.717) is 23.8 Å². The zero-order valence-electron chi connectivity index (χ0n) is 25.0. The highest BCUT2D eigenvalue weighted by atomic mass is 32.1. The number of halogens is 1. The third-order valence-electron chi connectivity index (χ3n) is 8.35. The van der Waals surface area contributed by atoms with Crippen LogP contribution in [-0.4, -0.2) is 24.5 Å². The fraction of sp³-hybridized carbons (Fsp3) is 0.0769. The number of benzene rings is 5. The van der Waals surface area contributed by atoms with E-state index in [4.69, 9.17) is 19.9 Å². The maximum Gasteiger partial charge on any atom is 0.164 e. The number of hydrogen-bond acceptors (Lipinski definition) is 5. The smallest absolute Gasteiger partial charge is 0.164 e. The van der Waals surface area contributed by atoms with Gasteiger partial charge in [0, 0.05) is 39.1 Å². The van der Waals surface area contributed by atoms with Crippen molar-refractivity contribution in [2.24, 2.45) is 0 Å². The van der Waals surface area contributed by atoms with E-state index in [2.05, 4.69) is 72.2 Å². The van der Waals surface area contributed by atoms with E-state index in [-0.39, 0.29) is 5.92 Å². The quantitative estimate of drug-likeness (QED) is 0.179. The maximum atomic E-state index is 13.2. The standard InChI is InChI=1S/C39H28FN5S/c1-2-25(23-24-40)39-41-32-22-21-31-30-15-9-10-16-33(30)45(34(31)35(32)46-39)29-19-17-28(18-20-29)38-43-36(26-11-5-3-6-12-26)42-37(44-38)27-13-7-4-8-14-27/h3-25H,2H2,1H3/b24-23-. The summed E-state index contributed by atoms with van der Waals surface area (Å²) in [6.07, 6.45) is 3.01. The molecule has 0 aliphatic heterocycles. The Bertz CT molecular complexity index is 2300. The topological polar surface area (TPSA) is 56.5 Å². The molecule has 0 saturated heterocycles. The van der Waals surface area contributed by atoms with Crippen LogP contribution in [0, 0.1) is 0 Å². The normalized spacial score (nSPS) is 12.5. The molecule has 1 atom stereocenters. The van der Waals surface area contributed by atoms with Gasteiger partial charge in [-0.1, -0.05) is 85.8 Å². The number of aromatic nitrogens is 5. The molecule has 0 aliphatic rings. The Balaban J connectivity index is 1.29. The summed E-state index contributed by atoms with van der Waals surface area (Å²) in [5.41, 5.74) is 6.93. The number of thiazole rings is 1. The predicted octanol–water partition coefficient (Wildman–Crippen LogP) is 10.6. The van der Waals surface area contributed by atoms with Gasteiger partial charge in [0.25, 0.3) is 0 Å². The van der Waals surface area contributed by atoms with Gasteiger partial charge in [0.2, 0.25) is 0 Å². The van der Waals surface area contributed by atoms with Crippen molar-refractivity contribution in [2.75, 3.05) is 0 Å². The van der Waals surface area contributed by atoms with Crippen LogP contribution in [0.25, 0.3) is 71.9 Å². The average molecular weight is 618 g/mol. The molecule has 0 fully saturated rings. The number of allylic oxidation sites excluding steroid dienone is 1. The van der Waals surface area contributed by atoms with E-state index in [1.54, 1.807) is 17.4 Å². The van der Waals surface area contributed by atoms with E-state index in [1.807, 2.05) is 60.7 Å². The van der Waals surface area contributed by atoms with Crippen LogP contribution < -0.4 is 0 Å².